The number of pyridine rings is 1. The van der Waals surface area contributed by atoms with Crippen molar-refractivity contribution in [3.05, 3.63) is 27.0 Å². The largest absolute Gasteiger partial charge is 0.392 e. The molecule has 1 saturated carbocycles. The quantitative estimate of drug-likeness (QED) is 0.660. The van der Waals surface area contributed by atoms with Crippen LogP contribution in [0.1, 0.15) is 20.3 Å². The summed E-state index contributed by atoms with van der Waals surface area (Å²) < 4.78 is 0.550. The van der Waals surface area contributed by atoms with Gasteiger partial charge in [0.1, 0.15) is 11.9 Å². The second-order valence-corrected chi connectivity index (χ2v) is 5.90. The minimum Gasteiger partial charge on any atom is -0.392 e. The molecule has 2 N–H and O–H groups in total. The first-order valence-corrected chi connectivity index (χ1v) is 6.36. The molecule has 1 aromatic rings. The van der Waals surface area contributed by atoms with E-state index < -0.39 is 4.92 Å². The third kappa shape index (κ3) is 2.08. The van der Waals surface area contributed by atoms with Crippen molar-refractivity contribution in [1.29, 1.82) is 0 Å². The number of nitrogens with one attached hydrogen (secondary N) is 1. The molecule has 1 aliphatic carbocycles. The molecule has 0 aromatic carbocycles. The summed E-state index contributed by atoms with van der Waals surface area (Å²) in [7, 11) is 0. The lowest BCUT2D eigenvalue weighted by Crippen LogP contribution is -2.57. The summed E-state index contributed by atoms with van der Waals surface area (Å²) in [5.74, 6) is 0. The maximum atomic E-state index is 10.9. The topological polar surface area (TPSA) is 88.3 Å². The number of hydrogen-bond donors (Lipinski definition) is 2. The zero-order valence-electron chi connectivity index (χ0n) is 10.1. The standard InChI is InChI=1S/C11H14BrN3O3/c1-11(2)8(3-9(11)16)14-10-6(12)4-13-5-7(10)15(17)18/h4-5,8-9,16H,3H2,1-2H3,(H,13,14). The lowest BCUT2D eigenvalue weighted by molar-refractivity contribution is -0.384. The number of aromatic nitrogens is 1. The molecule has 0 radical (unpaired) electrons. The van der Waals surface area contributed by atoms with Gasteiger partial charge < -0.3 is 10.4 Å². The summed E-state index contributed by atoms with van der Waals surface area (Å²) in [5, 5.41) is 23.7. The molecule has 1 heterocycles. The van der Waals surface area contributed by atoms with Gasteiger partial charge in [0.25, 0.3) is 0 Å². The molecule has 1 aliphatic rings. The number of rotatable bonds is 3. The van der Waals surface area contributed by atoms with Crippen LogP contribution < -0.4 is 5.32 Å². The highest BCUT2D eigenvalue weighted by atomic mass is 79.9. The van der Waals surface area contributed by atoms with E-state index in [4.69, 9.17) is 0 Å². The molecular weight excluding hydrogens is 302 g/mol. The number of nitro groups is 1. The van der Waals surface area contributed by atoms with Crippen LogP contribution in [0.5, 0.6) is 0 Å². The van der Waals surface area contributed by atoms with Gasteiger partial charge in [-0.25, -0.2) is 0 Å². The van der Waals surface area contributed by atoms with Crippen molar-refractivity contribution in [2.24, 2.45) is 5.41 Å². The molecule has 1 fully saturated rings. The summed E-state index contributed by atoms with van der Waals surface area (Å²) in [6.07, 6.45) is 2.93. The van der Waals surface area contributed by atoms with Gasteiger partial charge in [-0.3, -0.25) is 15.1 Å². The van der Waals surface area contributed by atoms with Crippen molar-refractivity contribution in [3.8, 4) is 0 Å². The molecule has 0 amide bonds. The van der Waals surface area contributed by atoms with Crippen LogP contribution in [-0.4, -0.2) is 27.2 Å². The van der Waals surface area contributed by atoms with Gasteiger partial charge >= 0.3 is 5.69 Å². The zero-order valence-corrected chi connectivity index (χ0v) is 11.6. The summed E-state index contributed by atoms with van der Waals surface area (Å²) in [6.45, 7) is 3.86. The first-order valence-electron chi connectivity index (χ1n) is 5.56. The second-order valence-electron chi connectivity index (χ2n) is 5.04. The zero-order chi connectivity index (χ0) is 13.5. The minimum absolute atomic E-state index is 0.00454. The molecule has 2 unspecified atom stereocenters. The van der Waals surface area contributed by atoms with Crippen LogP contribution in [0.15, 0.2) is 16.9 Å². The highest BCUT2D eigenvalue weighted by Gasteiger charge is 2.48. The summed E-state index contributed by atoms with van der Waals surface area (Å²) >= 11 is 3.26. The highest BCUT2D eigenvalue weighted by Crippen LogP contribution is 2.44. The number of aliphatic hydroxyl groups excluding tert-OH is 1. The van der Waals surface area contributed by atoms with E-state index in [0.29, 0.717) is 16.6 Å². The van der Waals surface area contributed by atoms with Crippen molar-refractivity contribution in [3.63, 3.8) is 0 Å². The fourth-order valence-electron chi connectivity index (χ4n) is 2.03. The summed E-state index contributed by atoms with van der Waals surface area (Å²) in [6, 6.07) is 0.00454. The predicted octanol–water partition coefficient (Wildman–Crippen LogP) is 2.32. The number of hydrogen-bond acceptors (Lipinski definition) is 5. The van der Waals surface area contributed by atoms with E-state index in [-0.39, 0.29) is 23.2 Å². The van der Waals surface area contributed by atoms with Gasteiger partial charge in [0.2, 0.25) is 0 Å². The Morgan fingerprint density at radius 1 is 1.61 bits per heavy atom. The lowest BCUT2D eigenvalue weighted by Gasteiger charge is -2.49. The predicted molar refractivity (Wildman–Crippen MR) is 70.4 cm³/mol. The monoisotopic (exact) mass is 315 g/mol. The number of nitrogens with zero attached hydrogens (tertiary/aromatic N) is 2. The SMILES string of the molecule is CC1(C)C(O)CC1Nc1c(Br)cncc1[N+](=O)[O-]. The van der Waals surface area contributed by atoms with Crippen molar-refractivity contribution in [2.75, 3.05) is 5.32 Å². The number of halogens is 1. The van der Waals surface area contributed by atoms with Crippen molar-refractivity contribution >= 4 is 27.3 Å². The molecule has 1 aromatic heterocycles. The Hall–Kier alpha value is -1.21. The lowest BCUT2D eigenvalue weighted by atomic mass is 9.64. The molecule has 0 bridgehead atoms. The van der Waals surface area contributed by atoms with Crippen LogP contribution in [0, 0.1) is 15.5 Å². The van der Waals surface area contributed by atoms with Crippen LogP contribution >= 0.6 is 15.9 Å². The van der Waals surface area contributed by atoms with E-state index in [1.807, 2.05) is 13.8 Å². The maximum Gasteiger partial charge on any atom is 0.311 e. The number of aliphatic hydroxyl groups is 1. The Morgan fingerprint density at radius 3 is 2.78 bits per heavy atom. The fourth-order valence-corrected chi connectivity index (χ4v) is 2.46. The maximum absolute atomic E-state index is 10.9. The van der Waals surface area contributed by atoms with Crippen LogP contribution in [0.25, 0.3) is 0 Å². The van der Waals surface area contributed by atoms with E-state index >= 15 is 0 Å². The van der Waals surface area contributed by atoms with Crippen LogP contribution in [0.3, 0.4) is 0 Å². The third-order valence-corrected chi connectivity index (χ3v) is 4.21. The van der Waals surface area contributed by atoms with E-state index in [2.05, 4.69) is 26.2 Å². The van der Waals surface area contributed by atoms with Crippen LogP contribution in [0.4, 0.5) is 11.4 Å². The van der Waals surface area contributed by atoms with Crippen molar-refractivity contribution in [2.45, 2.75) is 32.4 Å². The summed E-state index contributed by atoms with van der Waals surface area (Å²) in [4.78, 5) is 14.3. The molecule has 98 valence electrons. The molecule has 0 saturated heterocycles. The Bertz CT molecular complexity index is 492. The van der Waals surface area contributed by atoms with Gasteiger partial charge in [-0.15, -0.1) is 0 Å². The van der Waals surface area contributed by atoms with E-state index in [1.54, 1.807) is 0 Å². The Kier molecular flexibility index (Phi) is 3.29. The molecule has 18 heavy (non-hydrogen) atoms. The fraction of sp³-hybridized carbons (Fsp3) is 0.545. The molecule has 7 heteroatoms. The first-order chi connectivity index (χ1) is 8.34. The Labute approximate surface area is 113 Å². The molecule has 2 atom stereocenters. The molecular formula is C11H14BrN3O3. The van der Waals surface area contributed by atoms with Gasteiger partial charge in [-0.05, 0) is 22.4 Å². The van der Waals surface area contributed by atoms with E-state index in [0.717, 1.165) is 0 Å². The third-order valence-electron chi connectivity index (χ3n) is 3.61. The van der Waals surface area contributed by atoms with Crippen molar-refractivity contribution in [1.82, 2.24) is 4.98 Å². The van der Waals surface area contributed by atoms with Gasteiger partial charge in [0.05, 0.1) is 15.5 Å². The Morgan fingerprint density at radius 2 is 2.28 bits per heavy atom. The van der Waals surface area contributed by atoms with Crippen LogP contribution in [0.2, 0.25) is 0 Å². The van der Waals surface area contributed by atoms with Gasteiger partial charge in [0, 0.05) is 17.7 Å². The average Bonchev–Trinajstić information content (AvgIpc) is 2.30. The summed E-state index contributed by atoms with van der Waals surface area (Å²) in [5.41, 5.74) is 0.0536. The van der Waals surface area contributed by atoms with Gasteiger partial charge in [0.15, 0.2) is 0 Å². The number of anilines is 1. The minimum atomic E-state index is -0.470. The molecule has 0 spiro atoms. The highest BCUT2D eigenvalue weighted by molar-refractivity contribution is 9.10. The van der Waals surface area contributed by atoms with Gasteiger partial charge in [-0.1, -0.05) is 13.8 Å². The van der Waals surface area contributed by atoms with Gasteiger partial charge in [-0.2, -0.15) is 0 Å². The normalized spacial score (nSPS) is 25.3. The van der Waals surface area contributed by atoms with E-state index in [9.17, 15) is 15.2 Å². The second kappa shape index (κ2) is 4.47. The molecule has 0 aliphatic heterocycles. The first kappa shape index (κ1) is 13.2. The molecule has 2 rings (SSSR count). The Balaban J connectivity index is 2.27. The average molecular weight is 316 g/mol. The van der Waals surface area contributed by atoms with Crippen LogP contribution in [-0.2, 0) is 0 Å². The van der Waals surface area contributed by atoms with E-state index in [1.165, 1.54) is 12.4 Å². The molecule has 6 nitrogen and oxygen atoms in total. The smallest absolute Gasteiger partial charge is 0.311 e. The van der Waals surface area contributed by atoms with Crippen molar-refractivity contribution < 1.29 is 10.0 Å².